The van der Waals surface area contributed by atoms with Gasteiger partial charge in [0.15, 0.2) is 5.84 Å². The molecule has 0 saturated carbocycles. The SMILES string of the molecule is CC(C)(C)C1CCN(Cc2cc(F)cc(/C(N)=N/O)c2)C1. The summed E-state index contributed by atoms with van der Waals surface area (Å²) < 4.78 is 13.7. The van der Waals surface area contributed by atoms with Crippen molar-refractivity contribution in [2.24, 2.45) is 22.2 Å². The molecule has 1 atom stereocenters. The number of nitrogens with two attached hydrogens (primary N) is 1. The quantitative estimate of drug-likeness (QED) is 0.390. The molecule has 1 aliphatic heterocycles. The predicted octanol–water partition coefficient (Wildman–Crippen LogP) is 2.79. The van der Waals surface area contributed by atoms with E-state index in [1.165, 1.54) is 18.6 Å². The molecule has 0 spiro atoms. The minimum atomic E-state index is -0.360. The Morgan fingerprint density at radius 2 is 2.14 bits per heavy atom. The second-order valence-electron chi connectivity index (χ2n) is 6.92. The minimum Gasteiger partial charge on any atom is -0.409 e. The van der Waals surface area contributed by atoms with Crippen LogP contribution < -0.4 is 5.73 Å². The molecule has 3 N–H and O–H groups in total. The van der Waals surface area contributed by atoms with E-state index in [0.717, 1.165) is 18.7 Å². The molecule has 1 fully saturated rings. The van der Waals surface area contributed by atoms with Gasteiger partial charge in [0.2, 0.25) is 0 Å². The molecule has 116 valence electrons. The molecule has 1 aromatic rings. The summed E-state index contributed by atoms with van der Waals surface area (Å²) in [6.07, 6.45) is 1.17. The Morgan fingerprint density at radius 1 is 1.43 bits per heavy atom. The van der Waals surface area contributed by atoms with Gasteiger partial charge in [0.25, 0.3) is 0 Å². The lowest BCUT2D eigenvalue weighted by atomic mass is 9.80. The van der Waals surface area contributed by atoms with Gasteiger partial charge >= 0.3 is 0 Å². The number of likely N-dealkylation sites (tertiary alicyclic amines) is 1. The first-order valence-corrected chi connectivity index (χ1v) is 7.29. The van der Waals surface area contributed by atoms with Crippen molar-refractivity contribution in [2.45, 2.75) is 33.7 Å². The maximum atomic E-state index is 13.7. The molecule has 1 aliphatic rings. The van der Waals surface area contributed by atoms with Gasteiger partial charge in [-0.3, -0.25) is 4.90 Å². The highest BCUT2D eigenvalue weighted by Gasteiger charge is 2.31. The van der Waals surface area contributed by atoms with Crippen LogP contribution in [0.3, 0.4) is 0 Å². The van der Waals surface area contributed by atoms with Crippen LogP contribution in [-0.4, -0.2) is 29.0 Å². The van der Waals surface area contributed by atoms with E-state index in [1.54, 1.807) is 6.07 Å². The third-order valence-corrected chi connectivity index (χ3v) is 4.26. The van der Waals surface area contributed by atoms with E-state index in [4.69, 9.17) is 10.9 Å². The zero-order valence-corrected chi connectivity index (χ0v) is 12.9. The van der Waals surface area contributed by atoms with Gasteiger partial charge in [-0.1, -0.05) is 25.9 Å². The van der Waals surface area contributed by atoms with E-state index in [2.05, 4.69) is 30.8 Å². The lowest BCUT2D eigenvalue weighted by Crippen LogP contribution is -2.26. The van der Waals surface area contributed by atoms with Gasteiger partial charge in [-0.05, 0) is 48.1 Å². The van der Waals surface area contributed by atoms with Crippen molar-refractivity contribution in [3.63, 3.8) is 0 Å². The van der Waals surface area contributed by atoms with Gasteiger partial charge < -0.3 is 10.9 Å². The maximum Gasteiger partial charge on any atom is 0.170 e. The smallest absolute Gasteiger partial charge is 0.170 e. The number of hydrogen-bond donors (Lipinski definition) is 2. The summed E-state index contributed by atoms with van der Waals surface area (Å²) in [5.41, 5.74) is 7.11. The summed E-state index contributed by atoms with van der Waals surface area (Å²) in [4.78, 5) is 2.33. The van der Waals surface area contributed by atoms with Crippen LogP contribution in [0.25, 0.3) is 0 Å². The molecule has 5 heteroatoms. The summed E-state index contributed by atoms with van der Waals surface area (Å²) in [5.74, 6) is 0.236. The van der Waals surface area contributed by atoms with Crippen molar-refractivity contribution in [2.75, 3.05) is 13.1 Å². The molecule has 0 bridgehead atoms. The molecule has 1 unspecified atom stereocenters. The lowest BCUT2D eigenvalue weighted by Gasteiger charge is -2.27. The normalized spacial score (nSPS) is 21.0. The fraction of sp³-hybridized carbons (Fsp3) is 0.562. The fourth-order valence-corrected chi connectivity index (χ4v) is 2.89. The van der Waals surface area contributed by atoms with Gasteiger partial charge in [-0.2, -0.15) is 0 Å². The van der Waals surface area contributed by atoms with Crippen molar-refractivity contribution in [3.05, 3.63) is 35.1 Å². The third-order valence-electron chi connectivity index (χ3n) is 4.26. The van der Waals surface area contributed by atoms with E-state index in [0.29, 0.717) is 23.4 Å². The largest absolute Gasteiger partial charge is 0.409 e. The van der Waals surface area contributed by atoms with E-state index in [9.17, 15) is 4.39 Å². The topological polar surface area (TPSA) is 61.8 Å². The summed E-state index contributed by atoms with van der Waals surface area (Å²) in [7, 11) is 0. The van der Waals surface area contributed by atoms with Crippen LogP contribution in [0.2, 0.25) is 0 Å². The summed E-state index contributed by atoms with van der Waals surface area (Å²) in [6, 6.07) is 4.57. The molecule has 0 amide bonds. The van der Waals surface area contributed by atoms with Gasteiger partial charge in [0, 0.05) is 18.7 Å². The fourth-order valence-electron chi connectivity index (χ4n) is 2.89. The first kappa shape index (κ1) is 15.8. The first-order chi connectivity index (χ1) is 9.79. The van der Waals surface area contributed by atoms with Crippen LogP contribution in [0, 0.1) is 17.2 Å². The number of oxime groups is 1. The molecular formula is C16H24FN3O. The van der Waals surface area contributed by atoms with Crippen LogP contribution in [0.5, 0.6) is 0 Å². The Bertz CT molecular complexity index is 537. The van der Waals surface area contributed by atoms with Crippen LogP contribution in [0.4, 0.5) is 4.39 Å². The number of amidine groups is 1. The predicted molar refractivity (Wildman–Crippen MR) is 81.7 cm³/mol. The number of halogens is 1. The maximum absolute atomic E-state index is 13.7. The summed E-state index contributed by atoms with van der Waals surface area (Å²) in [6.45, 7) is 9.53. The zero-order chi connectivity index (χ0) is 15.6. The highest BCUT2D eigenvalue weighted by Crippen LogP contribution is 2.34. The van der Waals surface area contributed by atoms with E-state index < -0.39 is 0 Å². The van der Waals surface area contributed by atoms with Crippen molar-refractivity contribution in [1.29, 1.82) is 0 Å². The number of hydrogen-bond acceptors (Lipinski definition) is 3. The molecule has 0 aliphatic carbocycles. The number of nitrogens with zero attached hydrogens (tertiary/aromatic N) is 2. The second-order valence-corrected chi connectivity index (χ2v) is 6.92. The summed E-state index contributed by atoms with van der Waals surface area (Å²) >= 11 is 0. The van der Waals surface area contributed by atoms with E-state index >= 15 is 0 Å². The Hall–Kier alpha value is -1.62. The van der Waals surface area contributed by atoms with Crippen LogP contribution in [0.15, 0.2) is 23.4 Å². The molecule has 1 aromatic carbocycles. The van der Waals surface area contributed by atoms with Crippen molar-refractivity contribution >= 4 is 5.84 Å². The third kappa shape index (κ3) is 3.94. The minimum absolute atomic E-state index is 0.0651. The second kappa shape index (κ2) is 6.02. The standard InChI is InChI=1S/C16H24FN3O/c1-16(2,3)13-4-5-20(10-13)9-11-6-12(15(18)19-21)8-14(17)7-11/h6-8,13,21H,4-5,9-10H2,1-3H3,(H2,18,19). The van der Waals surface area contributed by atoms with Crippen LogP contribution >= 0.6 is 0 Å². The first-order valence-electron chi connectivity index (χ1n) is 7.29. The molecule has 1 saturated heterocycles. The van der Waals surface area contributed by atoms with Gasteiger partial charge in [0.05, 0.1) is 0 Å². The Morgan fingerprint density at radius 3 is 2.71 bits per heavy atom. The molecule has 1 heterocycles. The lowest BCUT2D eigenvalue weighted by molar-refractivity contribution is 0.226. The molecule has 0 radical (unpaired) electrons. The Kier molecular flexibility index (Phi) is 4.52. The molecule has 0 aromatic heterocycles. The highest BCUT2D eigenvalue weighted by atomic mass is 19.1. The monoisotopic (exact) mass is 293 g/mol. The number of benzene rings is 1. The molecule has 21 heavy (non-hydrogen) atoms. The Labute approximate surface area is 125 Å². The Balaban J connectivity index is 2.09. The van der Waals surface area contributed by atoms with Crippen molar-refractivity contribution in [3.8, 4) is 0 Å². The van der Waals surface area contributed by atoms with Crippen LogP contribution in [-0.2, 0) is 6.54 Å². The molecule has 2 rings (SSSR count). The van der Waals surface area contributed by atoms with E-state index in [-0.39, 0.29) is 11.7 Å². The van der Waals surface area contributed by atoms with Gasteiger partial charge in [-0.25, -0.2) is 4.39 Å². The molecular weight excluding hydrogens is 269 g/mol. The van der Waals surface area contributed by atoms with Crippen molar-refractivity contribution < 1.29 is 9.60 Å². The van der Waals surface area contributed by atoms with Crippen LogP contribution in [0.1, 0.15) is 38.3 Å². The van der Waals surface area contributed by atoms with Gasteiger partial charge in [0.1, 0.15) is 5.82 Å². The van der Waals surface area contributed by atoms with E-state index in [1.807, 2.05) is 0 Å². The average molecular weight is 293 g/mol. The van der Waals surface area contributed by atoms with Gasteiger partial charge in [-0.15, -0.1) is 0 Å². The number of rotatable bonds is 3. The average Bonchev–Trinajstić information content (AvgIpc) is 2.85. The zero-order valence-electron chi connectivity index (χ0n) is 12.9. The summed E-state index contributed by atoms with van der Waals surface area (Å²) in [5, 5.41) is 11.6. The molecule has 4 nitrogen and oxygen atoms in total. The highest BCUT2D eigenvalue weighted by molar-refractivity contribution is 5.97. The van der Waals surface area contributed by atoms with Crippen molar-refractivity contribution in [1.82, 2.24) is 4.90 Å².